The smallest absolute Gasteiger partial charge is 0.462 e. The number of carbonyl (C=O) groups is 4. The fraction of sp³-hybridized carbons (Fsp3) is 0.722. The average Bonchev–Trinajstić information content (AvgIpc) is 1.00. The van der Waals surface area contributed by atoms with Crippen LogP contribution in [0.2, 0.25) is 0 Å². The minimum atomic E-state index is -4.98. The lowest BCUT2D eigenvalue weighted by Gasteiger charge is -2.21. The zero-order valence-electron chi connectivity index (χ0n) is 61.4. The van der Waals surface area contributed by atoms with Gasteiger partial charge in [-0.25, -0.2) is 9.13 Å². The van der Waals surface area contributed by atoms with Crippen molar-refractivity contribution in [2.45, 2.75) is 329 Å². The van der Waals surface area contributed by atoms with E-state index in [1.54, 1.807) is 0 Å². The maximum absolute atomic E-state index is 13.1. The number of allylic oxidation sites excluding steroid dienone is 18. The van der Waals surface area contributed by atoms with Crippen molar-refractivity contribution in [2.75, 3.05) is 39.6 Å². The van der Waals surface area contributed by atoms with Gasteiger partial charge in [-0.15, -0.1) is 0 Å². The quantitative estimate of drug-likeness (QED) is 0.0169. The van der Waals surface area contributed by atoms with Crippen LogP contribution in [0.3, 0.4) is 0 Å². The molecule has 5 unspecified atom stereocenters. The van der Waals surface area contributed by atoms with Crippen LogP contribution in [0.5, 0.6) is 0 Å². The molecule has 0 heterocycles. The van der Waals surface area contributed by atoms with Gasteiger partial charge in [0.1, 0.15) is 19.3 Å². The van der Waals surface area contributed by atoms with Crippen LogP contribution < -0.4 is 0 Å². The highest BCUT2D eigenvalue weighted by Crippen LogP contribution is 2.45. The highest BCUT2D eigenvalue weighted by Gasteiger charge is 2.30. The Labute approximate surface area is 594 Å². The Bertz CT molecular complexity index is 2290. The summed E-state index contributed by atoms with van der Waals surface area (Å²) in [6.45, 7) is 4.56. The van der Waals surface area contributed by atoms with Crippen LogP contribution in [0.25, 0.3) is 0 Å². The molecule has 0 aromatic rings. The molecule has 19 heteroatoms. The van der Waals surface area contributed by atoms with Crippen LogP contribution in [0.4, 0.5) is 0 Å². The summed E-state index contributed by atoms with van der Waals surface area (Å²) in [5.74, 6) is -2.24. The summed E-state index contributed by atoms with van der Waals surface area (Å²) >= 11 is 0. The lowest BCUT2D eigenvalue weighted by molar-refractivity contribution is -0.161. The van der Waals surface area contributed by atoms with Gasteiger partial charge in [-0.2, -0.15) is 0 Å². The second kappa shape index (κ2) is 71.1. The molecule has 5 atom stereocenters. The Morgan fingerprint density at radius 2 is 0.531 bits per heavy atom. The summed E-state index contributed by atoms with van der Waals surface area (Å²) < 4.78 is 68.4. The van der Waals surface area contributed by atoms with Crippen LogP contribution in [-0.2, 0) is 65.4 Å². The number of phosphoric acid groups is 2. The highest BCUT2D eigenvalue weighted by atomic mass is 31.2. The lowest BCUT2D eigenvalue weighted by Crippen LogP contribution is -2.30. The Kier molecular flexibility index (Phi) is 68.0. The third-order valence-corrected chi connectivity index (χ3v) is 17.6. The molecule has 0 aliphatic heterocycles. The summed E-state index contributed by atoms with van der Waals surface area (Å²) in [5.41, 5.74) is 0. The van der Waals surface area contributed by atoms with Gasteiger partial charge in [-0.1, -0.05) is 265 Å². The molecule has 0 saturated carbocycles. The molecule has 0 amide bonds. The topological polar surface area (TPSA) is 237 Å². The fourth-order valence-corrected chi connectivity index (χ4v) is 11.5. The molecule has 564 valence electrons. The van der Waals surface area contributed by atoms with Crippen LogP contribution >= 0.6 is 15.6 Å². The standard InChI is InChI=1S/C79H136O17P2/c1-5-9-13-17-21-25-29-32-34-35-36-37-39-42-45-48-52-56-60-64-77(82)89-69-74(95-78(83)65-61-57-53-49-43-28-24-20-16-12-8-4)71-93-97(85,86)91-67-73(80)68-92-98(87,88)94-72-75(96-79(84)66-62-58-54-50-46-40-31-27-23-19-15-11-7-3)70-90-76(81)63-59-55-51-47-44-41-38-33-30-26-22-18-14-10-6-2/h9-10,13-14,21-22,25-27,31-34,36-38,44,47,73-75,80H,5-8,11-12,15-20,23-24,28-30,35,39-43,45-46,48-72H2,1-4H3,(H,85,86)(H,87,88)/b13-9-,14-10-,25-21-,26-22-,31-27-,34-32-,37-36-,38-33-,47-44-. The summed E-state index contributed by atoms with van der Waals surface area (Å²) in [6.07, 6.45) is 75.1. The lowest BCUT2D eigenvalue weighted by atomic mass is 10.1. The second-order valence-corrected chi connectivity index (χ2v) is 28.1. The van der Waals surface area contributed by atoms with E-state index in [2.05, 4.69) is 137 Å². The van der Waals surface area contributed by atoms with E-state index >= 15 is 0 Å². The molecule has 0 rings (SSSR count). The Morgan fingerprint density at radius 3 is 0.857 bits per heavy atom. The first kappa shape index (κ1) is 93.7. The van der Waals surface area contributed by atoms with Crippen molar-refractivity contribution < 1.29 is 80.2 Å². The minimum absolute atomic E-state index is 0.0753. The number of hydrogen-bond donors (Lipinski definition) is 3. The number of carbonyl (C=O) groups excluding carboxylic acids is 4. The Morgan fingerprint density at radius 1 is 0.296 bits per heavy atom. The van der Waals surface area contributed by atoms with Crippen LogP contribution in [0.1, 0.15) is 310 Å². The van der Waals surface area contributed by atoms with Gasteiger partial charge in [0.2, 0.25) is 0 Å². The summed E-state index contributed by atoms with van der Waals surface area (Å²) in [7, 11) is -9.96. The number of aliphatic hydroxyl groups excluding tert-OH is 1. The van der Waals surface area contributed by atoms with E-state index in [0.29, 0.717) is 25.7 Å². The summed E-state index contributed by atoms with van der Waals surface area (Å²) in [4.78, 5) is 72.8. The minimum Gasteiger partial charge on any atom is -0.462 e. The van der Waals surface area contributed by atoms with Gasteiger partial charge >= 0.3 is 39.5 Å². The predicted octanol–water partition coefficient (Wildman–Crippen LogP) is 21.8. The molecule has 0 aromatic carbocycles. The second-order valence-electron chi connectivity index (χ2n) is 25.2. The molecule has 0 fully saturated rings. The van der Waals surface area contributed by atoms with Crippen molar-refractivity contribution in [3.63, 3.8) is 0 Å². The van der Waals surface area contributed by atoms with E-state index < -0.39 is 97.5 Å². The van der Waals surface area contributed by atoms with Gasteiger partial charge in [0, 0.05) is 25.7 Å². The van der Waals surface area contributed by atoms with Crippen LogP contribution in [0, 0.1) is 0 Å². The van der Waals surface area contributed by atoms with Crippen LogP contribution in [0.15, 0.2) is 109 Å². The maximum Gasteiger partial charge on any atom is 0.472 e. The first-order chi connectivity index (χ1) is 47.7. The normalized spacial score (nSPS) is 14.6. The average molecular weight is 1420 g/mol. The first-order valence-electron chi connectivity index (χ1n) is 38.1. The number of rotatable bonds is 71. The Hall–Kier alpha value is -4.28. The molecule has 0 bridgehead atoms. The molecular formula is C79H136O17P2. The number of aliphatic hydroxyl groups is 1. The molecule has 3 N–H and O–H groups in total. The van der Waals surface area contributed by atoms with Gasteiger partial charge in [-0.05, 0) is 128 Å². The van der Waals surface area contributed by atoms with Crippen molar-refractivity contribution in [1.29, 1.82) is 0 Å². The number of phosphoric ester groups is 2. The molecule has 0 aliphatic rings. The van der Waals surface area contributed by atoms with E-state index in [1.807, 2.05) is 0 Å². The van der Waals surface area contributed by atoms with E-state index in [9.17, 15) is 43.2 Å². The van der Waals surface area contributed by atoms with Crippen molar-refractivity contribution in [3.05, 3.63) is 109 Å². The van der Waals surface area contributed by atoms with Gasteiger partial charge in [0.05, 0.1) is 26.4 Å². The van der Waals surface area contributed by atoms with Gasteiger partial charge in [-0.3, -0.25) is 37.3 Å². The zero-order valence-corrected chi connectivity index (χ0v) is 63.2. The number of esters is 4. The molecule has 0 aliphatic carbocycles. The SMILES string of the molecule is CC/C=C\C/C=C\C/C=C\C/C=C\CCCCCCCCC(=O)OCC(COP(=O)(O)OCC(O)COP(=O)(O)OCC(COC(=O)CCCC/C=C\C/C=C\C/C=C\C/C=C\CC)OC(=O)CCCCCCC/C=C\CCCCCC)OC(=O)CCCCCCCCCCCCC. The van der Waals surface area contributed by atoms with Crippen LogP contribution in [-0.4, -0.2) is 96.7 Å². The van der Waals surface area contributed by atoms with Crippen molar-refractivity contribution >= 4 is 39.5 Å². The first-order valence-corrected chi connectivity index (χ1v) is 41.1. The van der Waals surface area contributed by atoms with E-state index in [0.717, 1.165) is 167 Å². The van der Waals surface area contributed by atoms with Gasteiger partial charge < -0.3 is 33.8 Å². The molecular weight excluding hydrogens is 1280 g/mol. The fourth-order valence-electron chi connectivity index (χ4n) is 9.96. The van der Waals surface area contributed by atoms with Crippen molar-refractivity contribution in [1.82, 2.24) is 0 Å². The number of ether oxygens (including phenoxy) is 4. The van der Waals surface area contributed by atoms with Crippen molar-refractivity contribution in [2.24, 2.45) is 0 Å². The molecule has 0 radical (unpaired) electrons. The largest absolute Gasteiger partial charge is 0.472 e. The van der Waals surface area contributed by atoms with E-state index in [-0.39, 0.29) is 25.7 Å². The number of hydrogen-bond acceptors (Lipinski definition) is 15. The van der Waals surface area contributed by atoms with Crippen molar-refractivity contribution in [3.8, 4) is 0 Å². The number of unbranched alkanes of at least 4 members (excludes halogenated alkanes) is 27. The third kappa shape index (κ3) is 70.2. The molecule has 0 saturated heterocycles. The summed E-state index contributed by atoms with van der Waals surface area (Å²) in [5, 5.41) is 10.6. The zero-order chi connectivity index (χ0) is 71.8. The van der Waals surface area contributed by atoms with Gasteiger partial charge in [0.25, 0.3) is 0 Å². The maximum atomic E-state index is 13.1. The molecule has 98 heavy (non-hydrogen) atoms. The highest BCUT2D eigenvalue weighted by molar-refractivity contribution is 7.47. The summed E-state index contributed by atoms with van der Waals surface area (Å²) in [6, 6.07) is 0. The van der Waals surface area contributed by atoms with E-state index in [1.165, 1.54) is 64.2 Å². The monoisotopic (exact) mass is 1420 g/mol. The molecule has 0 aromatic heterocycles. The molecule has 17 nitrogen and oxygen atoms in total. The predicted molar refractivity (Wildman–Crippen MR) is 399 cm³/mol. The third-order valence-electron chi connectivity index (χ3n) is 15.7. The molecule has 0 spiro atoms. The van der Waals surface area contributed by atoms with Gasteiger partial charge in [0.15, 0.2) is 12.2 Å². The Balaban J connectivity index is 5.34. The van der Waals surface area contributed by atoms with E-state index in [4.69, 9.17) is 37.0 Å².